The molecule has 0 aromatic carbocycles. The van der Waals surface area contributed by atoms with E-state index in [2.05, 4.69) is 32.9 Å². The summed E-state index contributed by atoms with van der Waals surface area (Å²) in [7, 11) is 0. The second-order valence-corrected chi connectivity index (χ2v) is 3.56. The maximum absolute atomic E-state index is 5.50. The predicted molar refractivity (Wildman–Crippen MR) is 54.1 cm³/mol. The third kappa shape index (κ3) is 4.27. The second kappa shape index (κ2) is 5.44. The van der Waals surface area contributed by atoms with Crippen LogP contribution in [0.3, 0.4) is 0 Å². The van der Waals surface area contributed by atoms with Gasteiger partial charge in [-0.25, -0.2) is 0 Å². The summed E-state index contributed by atoms with van der Waals surface area (Å²) < 4.78 is 0. The number of hydrogen-bond donors (Lipinski definition) is 1. The topological polar surface area (TPSA) is 26.0 Å². The fourth-order valence-corrected chi connectivity index (χ4v) is 1.17. The van der Waals surface area contributed by atoms with E-state index in [0.717, 1.165) is 0 Å². The van der Waals surface area contributed by atoms with Crippen LogP contribution in [0, 0.1) is 5.92 Å². The van der Waals surface area contributed by atoms with Crippen LogP contribution in [0.4, 0.5) is 0 Å². The minimum atomic E-state index is 0.528. The summed E-state index contributed by atoms with van der Waals surface area (Å²) in [5, 5.41) is 5.50. The first-order valence-electron chi connectivity index (χ1n) is 3.83. The molecule has 0 atom stereocenters. The van der Waals surface area contributed by atoms with Crippen molar-refractivity contribution >= 4 is 11.9 Å². The smallest absolute Gasteiger partial charge is 0.00290 e. The van der Waals surface area contributed by atoms with Crippen LogP contribution >= 0.6 is 11.9 Å². The van der Waals surface area contributed by atoms with E-state index in [1.807, 2.05) is 6.92 Å². The van der Waals surface area contributed by atoms with Gasteiger partial charge in [0.05, 0.1) is 0 Å². The van der Waals surface area contributed by atoms with Crippen LogP contribution in [0.15, 0.2) is 22.6 Å². The molecule has 0 unspecified atom stereocenters. The minimum absolute atomic E-state index is 0.528. The zero-order valence-corrected chi connectivity index (χ0v) is 8.53. The summed E-state index contributed by atoms with van der Waals surface area (Å²) in [5.74, 6) is 0.528. The molecule has 64 valence electrons. The molecular weight excluding hydrogens is 154 g/mol. The normalized spacial score (nSPS) is 14.4. The Labute approximate surface area is 73.9 Å². The lowest BCUT2D eigenvalue weighted by Gasteiger charge is -2.06. The number of rotatable bonds is 3. The Balaban J connectivity index is 4.35. The average Bonchev–Trinajstić information content (AvgIpc) is 1.99. The van der Waals surface area contributed by atoms with Crippen LogP contribution in [-0.4, -0.2) is 0 Å². The maximum Gasteiger partial charge on any atom is 0.00290 e. The molecule has 0 spiro atoms. The molecule has 0 fully saturated rings. The third-order valence-corrected chi connectivity index (χ3v) is 2.39. The van der Waals surface area contributed by atoms with Gasteiger partial charge in [0.25, 0.3) is 0 Å². The first-order valence-corrected chi connectivity index (χ1v) is 4.71. The molecule has 0 saturated carbocycles. The van der Waals surface area contributed by atoms with Crippen molar-refractivity contribution in [2.45, 2.75) is 27.7 Å². The van der Waals surface area contributed by atoms with E-state index in [1.165, 1.54) is 22.4 Å². The Morgan fingerprint density at radius 1 is 1.45 bits per heavy atom. The monoisotopic (exact) mass is 171 g/mol. The first-order chi connectivity index (χ1) is 5.11. The fraction of sp³-hybridized carbons (Fsp3) is 0.556. The Morgan fingerprint density at radius 3 is 2.27 bits per heavy atom. The quantitative estimate of drug-likeness (QED) is 0.521. The SMILES string of the molecule is C/C=C(C)\C=C(/SN)C(C)C. The Kier molecular flexibility index (Phi) is 5.34. The van der Waals surface area contributed by atoms with Gasteiger partial charge in [0.2, 0.25) is 0 Å². The molecule has 0 aliphatic rings. The molecule has 2 heteroatoms. The van der Waals surface area contributed by atoms with Crippen LogP contribution in [0.5, 0.6) is 0 Å². The average molecular weight is 171 g/mol. The summed E-state index contributed by atoms with van der Waals surface area (Å²) in [6, 6.07) is 0. The van der Waals surface area contributed by atoms with Gasteiger partial charge in [-0.2, -0.15) is 0 Å². The van der Waals surface area contributed by atoms with E-state index in [4.69, 9.17) is 5.14 Å². The van der Waals surface area contributed by atoms with Gasteiger partial charge < -0.3 is 0 Å². The number of hydrogen-bond acceptors (Lipinski definition) is 2. The summed E-state index contributed by atoms with van der Waals surface area (Å²) in [6.45, 7) is 8.41. The second-order valence-electron chi connectivity index (χ2n) is 2.85. The van der Waals surface area contributed by atoms with Gasteiger partial charge in [-0.15, -0.1) is 0 Å². The van der Waals surface area contributed by atoms with Gasteiger partial charge in [0.1, 0.15) is 0 Å². The summed E-state index contributed by atoms with van der Waals surface area (Å²) in [6.07, 6.45) is 4.22. The molecule has 1 nitrogen and oxygen atoms in total. The van der Waals surface area contributed by atoms with Gasteiger partial charge in [-0.3, -0.25) is 5.14 Å². The van der Waals surface area contributed by atoms with Crippen molar-refractivity contribution < 1.29 is 0 Å². The zero-order chi connectivity index (χ0) is 8.85. The molecule has 2 N–H and O–H groups in total. The molecule has 0 aliphatic carbocycles. The molecule has 0 rings (SSSR count). The fourth-order valence-electron chi connectivity index (χ4n) is 0.644. The van der Waals surface area contributed by atoms with E-state index < -0.39 is 0 Å². The highest BCUT2D eigenvalue weighted by Gasteiger charge is 2.00. The Hall–Kier alpha value is -0.210. The standard InChI is InChI=1S/C9H17NS/c1-5-8(4)6-9(11-10)7(2)3/h5-7H,10H2,1-4H3/b8-5-,9-6-. The van der Waals surface area contributed by atoms with Crippen LogP contribution in [0.1, 0.15) is 27.7 Å². The van der Waals surface area contributed by atoms with Gasteiger partial charge in [0.15, 0.2) is 0 Å². The van der Waals surface area contributed by atoms with Crippen LogP contribution in [0.2, 0.25) is 0 Å². The van der Waals surface area contributed by atoms with Crippen molar-refractivity contribution in [2.75, 3.05) is 0 Å². The largest absolute Gasteiger partial charge is 0.274 e. The van der Waals surface area contributed by atoms with E-state index >= 15 is 0 Å². The van der Waals surface area contributed by atoms with Crippen LogP contribution in [-0.2, 0) is 0 Å². The van der Waals surface area contributed by atoms with Gasteiger partial charge >= 0.3 is 0 Å². The lowest BCUT2D eigenvalue weighted by atomic mass is 10.1. The summed E-state index contributed by atoms with van der Waals surface area (Å²) in [5.41, 5.74) is 1.27. The Morgan fingerprint density at radius 2 is 2.00 bits per heavy atom. The molecule has 0 heterocycles. The molecule has 0 radical (unpaired) electrons. The molecule has 0 saturated heterocycles. The molecule has 0 aromatic heterocycles. The molecule has 0 aromatic rings. The van der Waals surface area contributed by atoms with Crippen molar-refractivity contribution in [2.24, 2.45) is 11.1 Å². The molecular formula is C9H17NS. The predicted octanol–water partition coefficient (Wildman–Crippen LogP) is 3.10. The van der Waals surface area contributed by atoms with Crippen LogP contribution < -0.4 is 5.14 Å². The highest BCUT2D eigenvalue weighted by Crippen LogP contribution is 2.20. The molecule has 0 bridgehead atoms. The van der Waals surface area contributed by atoms with Crippen molar-refractivity contribution in [3.8, 4) is 0 Å². The number of nitrogens with two attached hydrogens (primary N) is 1. The molecule has 11 heavy (non-hydrogen) atoms. The van der Waals surface area contributed by atoms with Gasteiger partial charge in [-0.05, 0) is 25.8 Å². The Bertz CT molecular complexity index is 168. The van der Waals surface area contributed by atoms with Crippen molar-refractivity contribution in [3.63, 3.8) is 0 Å². The lowest BCUT2D eigenvalue weighted by molar-refractivity contribution is 0.815. The van der Waals surface area contributed by atoms with Crippen molar-refractivity contribution in [1.82, 2.24) is 0 Å². The molecule has 0 aliphatic heterocycles. The van der Waals surface area contributed by atoms with E-state index in [9.17, 15) is 0 Å². The van der Waals surface area contributed by atoms with Crippen molar-refractivity contribution in [3.05, 3.63) is 22.6 Å². The van der Waals surface area contributed by atoms with Gasteiger partial charge in [0, 0.05) is 4.91 Å². The molecule has 0 amide bonds. The van der Waals surface area contributed by atoms with Gasteiger partial charge in [-0.1, -0.05) is 37.4 Å². The van der Waals surface area contributed by atoms with E-state index in [1.54, 1.807) is 0 Å². The third-order valence-electron chi connectivity index (χ3n) is 1.53. The van der Waals surface area contributed by atoms with Crippen molar-refractivity contribution in [1.29, 1.82) is 0 Å². The number of allylic oxidation sites excluding steroid dienone is 4. The summed E-state index contributed by atoms with van der Waals surface area (Å²) >= 11 is 1.34. The lowest BCUT2D eigenvalue weighted by Crippen LogP contribution is -1.93. The zero-order valence-electron chi connectivity index (χ0n) is 7.72. The van der Waals surface area contributed by atoms with Crippen LogP contribution in [0.25, 0.3) is 0 Å². The highest BCUT2D eigenvalue weighted by atomic mass is 32.2. The summed E-state index contributed by atoms with van der Waals surface area (Å²) in [4.78, 5) is 1.24. The van der Waals surface area contributed by atoms with E-state index in [-0.39, 0.29) is 0 Å². The maximum atomic E-state index is 5.50. The highest BCUT2D eigenvalue weighted by molar-refractivity contribution is 8.00. The first kappa shape index (κ1) is 10.8. The minimum Gasteiger partial charge on any atom is -0.274 e. The van der Waals surface area contributed by atoms with E-state index in [0.29, 0.717) is 5.92 Å².